The van der Waals surface area contributed by atoms with Gasteiger partial charge in [-0.2, -0.15) is 24.9 Å². The summed E-state index contributed by atoms with van der Waals surface area (Å²) >= 11 is 1.63. The maximum absolute atomic E-state index is 15.6. The normalized spacial score (nSPS) is 14.6. The van der Waals surface area contributed by atoms with Crippen molar-refractivity contribution < 1.29 is 26.7 Å². The first-order valence-electron chi connectivity index (χ1n) is 14.6. The summed E-state index contributed by atoms with van der Waals surface area (Å²) in [5.41, 5.74) is 0.732. The van der Waals surface area contributed by atoms with Gasteiger partial charge >= 0.3 is 6.18 Å². The lowest BCUT2D eigenvalue weighted by atomic mass is 9.99. The minimum absolute atomic E-state index is 0.0334. The van der Waals surface area contributed by atoms with Crippen LogP contribution >= 0.6 is 11.8 Å². The molecule has 3 aromatic rings. The van der Waals surface area contributed by atoms with E-state index in [-0.39, 0.29) is 12.5 Å². The number of hydrogen-bond acceptors (Lipinski definition) is 6. The van der Waals surface area contributed by atoms with Crippen LogP contribution < -0.4 is 14.5 Å². The predicted octanol–water partition coefficient (Wildman–Crippen LogP) is 8.61. The van der Waals surface area contributed by atoms with Gasteiger partial charge in [-0.05, 0) is 69.5 Å². The van der Waals surface area contributed by atoms with Crippen molar-refractivity contribution in [3.05, 3.63) is 76.6 Å². The van der Waals surface area contributed by atoms with Crippen molar-refractivity contribution in [1.82, 2.24) is 9.97 Å². The molecule has 0 bridgehead atoms. The maximum atomic E-state index is 15.6. The Balaban J connectivity index is 1.76. The van der Waals surface area contributed by atoms with E-state index in [0.29, 0.717) is 53.7 Å². The molecule has 1 unspecified atom stereocenters. The monoisotopic (exact) mass is 622 g/mol. The molecule has 0 N–H and O–H groups in total. The summed E-state index contributed by atoms with van der Waals surface area (Å²) in [4.78, 5) is 12.6. The topological polar surface area (TPSA) is 41.5 Å². The molecule has 0 saturated heterocycles. The molecule has 1 fully saturated rings. The first kappa shape index (κ1) is 32.8. The fourth-order valence-corrected chi connectivity index (χ4v) is 5.96. The van der Waals surface area contributed by atoms with Crippen molar-refractivity contribution in [1.29, 1.82) is 0 Å². The second-order valence-corrected chi connectivity index (χ2v) is 12.1. The highest BCUT2D eigenvalue weighted by atomic mass is 32.2. The number of aryl methyl sites for hydroxylation is 1. The van der Waals surface area contributed by atoms with Gasteiger partial charge in [-0.25, -0.2) is 18.7 Å². The van der Waals surface area contributed by atoms with Gasteiger partial charge in [0.25, 0.3) is 0 Å². The second-order valence-electron chi connectivity index (χ2n) is 11.1. The molecule has 1 heterocycles. The molecule has 1 aliphatic carbocycles. The molecule has 11 heteroatoms. The largest absolute Gasteiger partial charge is 0.489 e. The number of aromatic nitrogens is 2. The maximum Gasteiger partial charge on any atom is 0.416 e. The van der Waals surface area contributed by atoms with Gasteiger partial charge in [0.2, 0.25) is 5.95 Å². The minimum Gasteiger partial charge on any atom is -0.489 e. The molecular formula is C32H39F5N4OS. The van der Waals surface area contributed by atoms with Gasteiger partial charge in [0.15, 0.2) is 5.75 Å². The first-order chi connectivity index (χ1) is 20.5. The van der Waals surface area contributed by atoms with Crippen LogP contribution in [-0.4, -0.2) is 41.7 Å². The number of nitrogens with zero attached hydrogens (tertiary/aromatic N) is 4. The Morgan fingerprint density at radius 3 is 2.37 bits per heavy atom. The third-order valence-electron chi connectivity index (χ3n) is 7.90. The van der Waals surface area contributed by atoms with E-state index in [1.807, 2.05) is 18.1 Å². The van der Waals surface area contributed by atoms with Crippen molar-refractivity contribution >= 4 is 23.4 Å². The minimum atomic E-state index is -4.53. The fourth-order valence-electron chi connectivity index (χ4n) is 5.71. The smallest absolute Gasteiger partial charge is 0.416 e. The molecule has 5 nitrogen and oxygen atoms in total. The average molecular weight is 623 g/mol. The van der Waals surface area contributed by atoms with Crippen LogP contribution in [0.1, 0.15) is 67.8 Å². The van der Waals surface area contributed by atoms with Gasteiger partial charge in [0, 0.05) is 37.0 Å². The number of halogens is 5. The molecule has 234 valence electrons. The van der Waals surface area contributed by atoms with Crippen LogP contribution in [0.15, 0.2) is 42.7 Å². The molecular weight excluding hydrogens is 583 g/mol. The lowest BCUT2D eigenvalue weighted by Gasteiger charge is -2.34. The molecule has 43 heavy (non-hydrogen) atoms. The summed E-state index contributed by atoms with van der Waals surface area (Å²) in [7, 11) is 0. The quantitative estimate of drug-likeness (QED) is 0.141. The van der Waals surface area contributed by atoms with E-state index in [1.165, 1.54) is 18.5 Å². The van der Waals surface area contributed by atoms with Crippen LogP contribution in [0.5, 0.6) is 5.75 Å². The molecule has 0 radical (unpaired) electrons. The van der Waals surface area contributed by atoms with Crippen molar-refractivity contribution in [3.63, 3.8) is 0 Å². The van der Waals surface area contributed by atoms with E-state index >= 15 is 4.39 Å². The highest BCUT2D eigenvalue weighted by molar-refractivity contribution is 7.98. The molecule has 1 aliphatic rings. The summed E-state index contributed by atoms with van der Waals surface area (Å²) in [6, 6.07) is 5.40. The Kier molecular flexibility index (Phi) is 11.1. The van der Waals surface area contributed by atoms with E-state index in [4.69, 9.17) is 4.74 Å². The molecule has 4 rings (SSSR count). The van der Waals surface area contributed by atoms with Crippen molar-refractivity contribution in [2.45, 2.75) is 65.2 Å². The van der Waals surface area contributed by atoms with E-state index < -0.39 is 29.4 Å². The molecule has 0 aliphatic heterocycles. The lowest BCUT2D eigenvalue weighted by molar-refractivity contribution is -0.137. The van der Waals surface area contributed by atoms with E-state index in [0.717, 1.165) is 49.6 Å². The Hall–Kier alpha value is -3.08. The Bertz CT molecular complexity index is 1350. The van der Waals surface area contributed by atoms with Gasteiger partial charge in [0.1, 0.15) is 11.6 Å². The number of hydrogen-bond donors (Lipinski definition) is 0. The molecule has 0 amide bonds. The summed E-state index contributed by atoms with van der Waals surface area (Å²) in [6.07, 6.45) is 4.84. The van der Waals surface area contributed by atoms with E-state index in [1.54, 1.807) is 36.6 Å². The molecule has 1 atom stereocenters. The van der Waals surface area contributed by atoms with Crippen LogP contribution in [0.25, 0.3) is 0 Å². The zero-order valence-electron chi connectivity index (χ0n) is 25.1. The Morgan fingerprint density at radius 1 is 1.05 bits per heavy atom. The number of ether oxygens (including phenoxy) is 1. The highest BCUT2D eigenvalue weighted by Crippen LogP contribution is 2.37. The fraction of sp³-hybridized carbons (Fsp3) is 0.500. The lowest BCUT2D eigenvalue weighted by Crippen LogP contribution is -2.33. The van der Waals surface area contributed by atoms with Gasteiger partial charge < -0.3 is 14.5 Å². The van der Waals surface area contributed by atoms with Crippen LogP contribution in [-0.2, 0) is 12.7 Å². The zero-order valence-corrected chi connectivity index (χ0v) is 25.9. The van der Waals surface area contributed by atoms with Gasteiger partial charge in [0.05, 0.1) is 36.3 Å². The van der Waals surface area contributed by atoms with Crippen LogP contribution in [0, 0.1) is 24.5 Å². The number of benzene rings is 2. The first-order valence-corrected chi connectivity index (χ1v) is 16.0. The SMILES string of the molecule is CCN(CC1CCCC1)c1c(F)cc(F)cc1CN(c1ncc(OCCSC)cn1)C(C)c1cc(C)cc(C(F)(F)F)c1. The molecule has 2 aromatic carbocycles. The second kappa shape index (κ2) is 14.6. The van der Waals surface area contributed by atoms with E-state index in [9.17, 15) is 17.6 Å². The van der Waals surface area contributed by atoms with Gasteiger partial charge in [-0.3, -0.25) is 0 Å². The number of anilines is 2. The summed E-state index contributed by atoms with van der Waals surface area (Å²) < 4.78 is 77.2. The third-order valence-corrected chi connectivity index (χ3v) is 8.48. The Morgan fingerprint density at radius 2 is 1.74 bits per heavy atom. The third kappa shape index (κ3) is 8.52. The number of alkyl halides is 3. The molecule has 0 spiro atoms. The van der Waals surface area contributed by atoms with Crippen molar-refractivity contribution in [3.8, 4) is 5.75 Å². The molecule has 1 aromatic heterocycles. The number of thioether (sulfide) groups is 1. The summed E-state index contributed by atoms with van der Waals surface area (Å²) in [5.74, 6) is 0.454. The van der Waals surface area contributed by atoms with Gasteiger partial charge in [-0.15, -0.1) is 0 Å². The summed E-state index contributed by atoms with van der Waals surface area (Å²) in [6.45, 7) is 6.88. The standard InChI is InChI=1S/C32H39F5N4OS/c1-5-40(19-23-8-6-7-9-23)30-25(15-27(33)16-29(30)34)20-41(31-38-17-28(18-39-31)42-10-11-43-4)22(3)24-12-21(2)13-26(14-24)32(35,36)37/h12-18,22-23H,5-11,19-20H2,1-4H3. The van der Waals surface area contributed by atoms with Gasteiger partial charge in [-0.1, -0.05) is 24.5 Å². The molecule has 1 saturated carbocycles. The van der Waals surface area contributed by atoms with Crippen LogP contribution in [0.3, 0.4) is 0 Å². The van der Waals surface area contributed by atoms with E-state index in [2.05, 4.69) is 9.97 Å². The predicted molar refractivity (Wildman–Crippen MR) is 163 cm³/mol. The Labute approximate surface area is 254 Å². The highest BCUT2D eigenvalue weighted by Gasteiger charge is 2.32. The zero-order chi connectivity index (χ0) is 31.1. The van der Waals surface area contributed by atoms with Crippen molar-refractivity contribution in [2.24, 2.45) is 5.92 Å². The average Bonchev–Trinajstić information content (AvgIpc) is 3.47. The van der Waals surface area contributed by atoms with Crippen molar-refractivity contribution in [2.75, 3.05) is 41.5 Å². The summed E-state index contributed by atoms with van der Waals surface area (Å²) in [5, 5.41) is 0. The van der Waals surface area contributed by atoms with Crippen LogP contribution in [0.2, 0.25) is 0 Å². The number of rotatable bonds is 13. The van der Waals surface area contributed by atoms with Crippen LogP contribution in [0.4, 0.5) is 33.6 Å².